The van der Waals surface area contributed by atoms with Crippen molar-refractivity contribution < 1.29 is 4.39 Å². The van der Waals surface area contributed by atoms with E-state index in [0.717, 1.165) is 5.82 Å². The van der Waals surface area contributed by atoms with Gasteiger partial charge in [-0.15, -0.1) is 0 Å². The van der Waals surface area contributed by atoms with Crippen LogP contribution in [0.4, 0.5) is 10.2 Å². The Bertz CT molecular complexity index is 690. The first-order valence-electron chi connectivity index (χ1n) is 7.29. The molecule has 5 nitrogen and oxygen atoms in total. The van der Waals surface area contributed by atoms with Crippen LogP contribution in [0.15, 0.2) is 36.8 Å². The third kappa shape index (κ3) is 3.26. The average molecular weight is 332 g/mol. The van der Waals surface area contributed by atoms with Crippen LogP contribution in [-0.2, 0) is 0 Å². The van der Waals surface area contributed by atoms with Gasteiger partial charge in [0.15, 0.2) is 0 Å². The molecule has 1 atom stereocenters. The zero-order valence-electron chi connectivity index (χ0n) is 12.4. The number of anilines is 1. The number of aromatic nitrogens is 2. The van der Waals surface area contributed by atoms with Crippen LogP contribution in [0.1, 0.15) is 11.6 Å². The minimum absolute atomic E-state index is 0.254. The predicted octanol–water partition coefficient (Wildman–Crippen LogP) is 2.66. The van der Waals surface area contributed by atoms with Crippen molar-refractivity contribution in [3.8, 4) is 6.07 Å². The first kappa shape index (κ1) is 15.7. The number of nitriles is 1. The summed E-state index contributed by atoms with van der Waals surface area (Å²) >= 11 is 6.10. The zero-order valence-corrected chi connectivity index (χ0v) is 13.1. The second kappa shape index (κ2) is 6.90. The summed E-state index contributed by atoms with van der Waals surface area (Å²) in [6.45, 7) is 2.64. The maximum absolute atomic E-state index is 14.1. The summed E-state index contributed by atoms with van der Waals surface area (Å²) in [5.41, 5.74) is 0.254. The summed E-state index contributed by atoms with van der Waals surface area (Å²) in [6.07, 6.45) is 5.00. The number of benzene rings is 1. The first-order valence-corrected chi connectivity index (χ1v) is 7.67. The van der Waals surface area contributed by atoms with Crippen LogP contribution in [0.5, 0.6) is 0 Å². The van der Waals surface area contributed by atoms with Gasteiger partial charge in [-0.25, -0.2) is 9.37 Å². The molecule has 0 saturated carbocycles. The van der Waals surface area contributed by atoms with Crippen LogP contribution in [-0.4, -0.2) is 41.0 Å². The number of halogens is 2. The summed E-state index contributed by atoms with van der Waals surface area (Å²) in [7, 11) is 0. The third-order valence-corrected chi connectivity index (χ3v) is 4.28. The molecule has 1 aromatic carbocycles. The van der Waals surface area contributed by atoms with Crippen LogP contribution < -0.4 is 4.90 Å². The number of hydrogen-bond acceptors (Lipinski definition) is 5. The van der Waals surface area contributed by atoms with Gasteiger partial charge >= 0.3 is 0 Å². The van der Waals surface area contributed by atoms with Crippen molar-refractivity contribution in [2.75, 3.05) is 31.1 Å². The lowest BCUT2D eigenvalue weighted by Crippen LogP contribution is -2.48. The van der Waals surface area contributed by atoms with Gasteiger partial charge in [-0.05, 0) is 12.1 Å². The molecule has 0 radical (unpaired) electrons. The molecule has 0 bridgehead atoms. The van der Waals surface area contributed by atoms with Gasteiger partial charge in [-0.2, -0.15) is 5.26 Å². The highest BCUT2D eigenvalue weighted by Crippen LogP contribution is 2.30. The molecular formula is C16H15ClFN5. The van der Waals surface area contributed by atoms with Crippen molar-refractivity contribution in [1.82, 2.24) is 14.9 Å². The largest absolute Gasteiger partial charge is 0.353 e. The topological polar surface area (TPSA) is 56.1 Å². The number of nitrogens with zero attached hydrogens (tertiary/aromatic N) is 5. The van der Waals surface area contributed by atoms with Gasteiger partial charge in [0.2, 0.25) is 0 Å². The van der Waals surface area contributed by atoms with E-state index in [1.54, 1.807) is 30.7 Å². The number of rotatable bonds is 3. The second-order valence-electron chi connectivity index (χ2n) is 5.25. The van der Waals surface area contributed by atoms with Gasteiger partial charge in [-0.1, -0.05) is 17.7 Å². The molecule has 2 aromatic rings. The Kier molecular flexibility index (Phi) is 4.70. The van der Waals surface area contributed by atoms with E-state index in [2.05, 4.69) is 20.9 Å². The minimum Gasteiger partial charge on any atom is -0.353 e. The SMILES string of the molecule is N#C[C@@H](c1c(F)cccc1Cl)N1CCN(c2cnccn2)CC1. The van der Waals surface area contributed by atoms with Crippen molar-refractivity contribution in [3.05, 3.63) is 53.2 Å². The van der Waals surface area contributed by atoms with Crippen LogP contribution in [0.3, 0.4) is 0 Å². The van der Waals surface area contributed by atoms with E-state index >= 15 is 0 Å². The lowest BCUT2D eigenvalue weighted by atomic mass is 10.0. The highest BCUT2D eigenvalue weighted by molar-refractivity contribution is 6.31. The van der Waals surface area contributed by atoms with Crippen LogP contribution in [0, 0.1) is 17.1 Å². The minimum atomic E-state index is -0.687. The molecule has 1 aliphatic rings. The molecule has 0 spiro atoms. The van der Waals surface area contributed by atoms with E-state index in [-0.39, 0.29) is 10.6 Å². The Morgan fingerprint density at radius 2 is 2.00 bits per heavy atom. The summed E-state index contributed by atoms with van der Waals surface area (Å²) in [5.74, 6) is 0.366. The van der Waals surface area contributed by atoms with E-state index in [4.69, 9.17) is 11.6 Å². The van der Waals surface area contributed by atoms with E-state index in [1.165, 1.54) is 6.07 Å². The van der Waals surface area contributed by atoms with Gasteiger partial charge in [-0.3, -0.25) is 9.88 Å². The summed E-state index contributed by atoms with van der Waals surface area (Å²) in [6, 6.07) is 5.98. The second-order valence-corrected chi connectivity index (χ2v) is 5.66. The van der Waals surface area contributed by atoms with Gasteiger partial charge < -0.3 is 4.90 Å². The first-order chi connectivity index (χ1) is 11.2. The van der Waals surface area contributed by atoms with Crippen molar-refractivity contribution in [1.29, 1.82) is 5.26 Å². The highest BCUT2D eigenvalue weighted by atomic mass is 35.5. The molecule has 0 N–H and O–H groups in total. The molecule has 0 aliphatic carbocycles. The molecule has 1 saturated heterocycles. The van der Waals surface area contributed by atoms with E-state index < -0.39 is 11.9 Å². The third-order valence-electron chi connectivity index (χ3n) is 3.95. The molecule has 118 valence electrons. The zero-order chi connectivity index (χ0) is 16.2. The maximum atomic E-state index is 14.1. The monoisotopic (exact) mass is 331 g/mol. The molecule has 1 fully saturated rings. The standard InChI is InChI=1S/C16H15ClFN5/c17-12-2-1-3-13(18)16(12)14(10-19)22-6-8-23(9-7-22)15-11-20-4-5-21-15/h1-5,11,14H,6-9H2/t14-/m0/s1. The molecule has 2 heterocycles. The van der Waals surface area contributed by atoms with Gasteiger partial charge in [0.25, 0.3) is 0 Å². The molecule has 7 heteroatoms. The lowest BCUT2D eigenvalue weighted by molar-refractivity contribution is 0.218. The molecule has 0 amide bonds. The Labute approximate surface area is 138 Å². The van der Waals surface area contributed by atoms with Crippen molar-refractivity contribution in [3.63, 3.8) is 0 Å². The normalized spacial score (nSPS) is 16.8. The molecule has 1 aromatic heterocycles. The fraction of sp³-hybridized carbons (Fsp3) is 0.312. The predicted molar refractivity (Wildman–Crippen MR) is 85.6 cm³/mol. The lowest BCUT2D eigenvalue weighted by Gasteiger charge is -2.37. The Hall–Kier alpha value is -2.23. The fourth-order valence-electron chi connectivity index (χ4n) is 2.76. The number of hydrogen-bond donors (Lipinski definition) is 0. The molecule has 0 unspecified atom stereocenters. The van der Waals surface area contributed by atoms with Crippen molar-refractivity contribution >= 4 is 17.4 Å². The van der Waals surface area contributed by atoms with E-state index in [9.17, 15) is 9.65 Å². The average Bonchev–Trinajstić information content (AvgIpc) is 2.59. The Balaban J connectivity index is 1.75. The highest BCUT2D eigenvalue weighted by Gasteiger charge is 2.28. The molecule has 23 heavy (non-hydrogen) atoms. The smallest absolute Gasteiger partial charge is 0.147 e. The van der Waals surface area contributed by atoms with E-state index in [0.29, 0.717) is 26.2 Å². The quantitative estimate of drug-likeness (QED) is 0.865. The molecular weight excluding hydrogens is 317 g/mol. The van der Waals surface area contributed by atoms with Crippen molar-refractivity contribution in [2.45, 2.75) is 6.04 Å². The van der Waals surface area contributed by atoms with Crippen molar-refractivity contribution in [2.24, 2.45) is 0 Å². The van der Waals surface area contributed by atoms with E-state index in [1.807, 2.05) is 4.90 Å². The summed E-state index contributed by atoms with van der Waals surface area (Å²) in [5, 5.41) is 9.80. The molecule has 3 rings (SSSR count). The Morgan fingerprint density at radius 3 is 2.61 bits per heavy atom. The van der Waals surface area contributed by atoms with Gasteiger partial charge in [0.05, 0.1) is 12.3 Å². The number of piperazine rings is 1. The summed E-state index contributed by atoms with van der Waals surface area (Å²) < 4.78 is 14.1. The Morgan fingerprint density at radius 1 is 1.22 bits per heavy atom. The van der Waals surface area contributed by atoms with Crippen LogP contribution in [0.2, 0.25) is 5.02 Å². The maximum Gasteiger partial charge on any atom is 0.147 e. The van der Waals surface area contributed by atoms with Gasteiger partial charge in [0.1, 0.15) is 17.7 Å². The summed E-state index contributed by atoms with van der Waals surface area (Å²) in [4.78, 5) is 12.4. The fourth-order valence-corrected chi connectivity index (χ4v) is 3.03. The molecule has 1 aliphatic heterocycles. The van der Waals surface area contributed by atoms with Crippen LogP contribution >= 0.6 is 11.6 Å². The van der Waals surface area contributed by atoms with Gasteiger partial charge in [0, 0.05) is 49.2 Å². The van der Waals surface area contributed by atoms with Crippen LogP contribution in [0.25, 0.3) is 0 Å².